The van der Waals surface area contributed by atoms with Crippen LogP contribution in [0.15, 0.2) is 117 Å². The number of nitrogens with zero attached hydrogens (tertiary/aromatic N) is 6. The molecule has 0 aliphatic carbocycles. The van der Waals surface area contributed by atoms with Gasteiger partial charge in [0.2, 0.25) is 15.8 Å². The van der Waals surface area contributed by atoms with Crippen LogP contribution in [0.5, 0.6) is 17.2 Å². The van der Waals surface area contributed by atoms with Crippen molar-refractivity contribution in [3.05, 3.63) is 124 Å². The molecule has 5 aromatic carbocycles. The first-order chi connectivity index (χ1) is 29.3. The van der Waals surface area contributed by atoms with Gasteiger partial charge in [-0.1, -0.05) is 54.6 Å². The van der Waals surface area contributed by atoms with Gasteiger partial charge in [-0.2, -0.15) is 9.10 Å². The molecule has 316 valence electrons. The second-order valence-corrected chi connectivity index (χ2v) is 19.7. The lowest BCUT2D eigenvalue weighted by Crippen LogP contribution is -2.33. The number of tetrazole rings is 1. The van der Waals surface area contributed by atoms with Gasteiger partial charge in [0, 0.05) is 25.2 Å². The van der Waals surface area contributed by atoms with Crippen LogP contribution in [0.25, 0.3) is 32.7 Å². The Morgan fingerprint density at radius 3 is 1.92 bits per heavy atom. The number of sulfone groups is 1. The first-order valence-electron chi connectivity index (χ1n) is 18.4. The molecule has 1 amide bonds. The molecule has 20 heteroatoms. The highest BCUT2D eigenvalue weighted by atomic mass is 79.9. The van der Waals surface area contributed by atoms with Gasteiger partial charge in [0.05, 0.1) is 54.3 Å². The van der Waals surface area contributed by atoms with Gasteiger partial charge in [0.15, 0.2) is 13.8 Å². The van der Waals surface area contributed by atoms with Crippen LogP contribution in [0, 0.1) is 0 Å². The van der Waals surface area contributed by atoms with E-state index in [-0.39, 0.29) is 36.6 Å². The number of hydrogen-bond acceptors (Lipinski definition) is 13. The number of amides is 1. The van der Waals surface area contributed by atoms with Crippen molar-refractivity contribution in [1.82, 2.24) is 34.8 Å². The highest BCUT2D eigenvalue weighted by molar-refractivity contribution is 9.11. The zero-order valence-corrected chi connectivity index (χ0v) is 36.9. The van der Waals surface area contributed by atoms with E-state index in [4.69, 9.17) is 19.2 Å². The third-order valence-electron chi connectivity index (χ3n) is 9.58. The largest absolute Gasteiger partial charge is 0.497 e. The van der Waals surface area contributed by atoms with E-state index in [1.165, 1.54) is 46.8 Å². The highest BCUT2D eigenvalue weighted by Crippen LogP contribution is 2.44. The molecular weight excluding hydrogens is 911 g/mol. The molecule has 2 N–H and O–H groups in total. The molecule has 0 unspecified atom stereocenters. The number of sulfonamides is 1. The minimum Gasteiger partial charge on any atom is -0.497 e. The van der Waals surface area contributed by atoms with Crippen molar-refractivity contribution < 1.29 is 40.9 Å². The Kier molecular flexibility index (Phi) is 13.0. The van der Waals surface area contributed by atoms with Gasteiger partial charge in [-0.05, 0) is 91.9 Å². The van der Waals surface area contributed by atoms with Crippen LogP contribution in [0.3, 0.4) is 0 Å². The fraction of sp³-hybridized carbons (Fsp3) is 0.195. The summed E-state index contributed by atoms with van der Waals surface area (Å²) in [5.41, 5.74) is 3.05. The van der Waals surface area contributed by atoms with Crippen LogP contribution in [0.2, 0.25) is 0 Å². The predicted molar refractivity (Wildman–Crippen MR) is 232 cm³/mol. The molecule has 0 fully saturated rings. The zero-order chi connectivity index (χ0) is 43.3. The number of para-hydroxylation sites is 1. The summed E-state index contributed by atoms with van der Waals surface area (Å²) in [5.74, 6) is 0.812. The number of carboxylic acid groups (broad SMARTS) is 1. The summed E-state index contributed by atoms with van der Waals surface area (Å²) < 4.78 is 79.1. The summed E-state index contributed by atoms with van der Waals surface area (Å²) in [7, 11) is -4.87. The second-order valence-electron chi connectivity index (χ2n) is 13.4. The number of carbonyl (C=O) groups is 1. The maximum Gasteiger partial charge on any atom is 0.404 e. The van der Waals surface area contributed by atoms with E-state index in [1.54, 1.807) is 79.9 Å². The third kappa shape index (κ3) is 9.68. The SMILES string of the molecule is COc1ccc(CN(Cc2ccc(OC)cc2)S(=O)(=O)c2c(S(=O)(=O)CCNC(=O)O)ccc(-c3cccc4sc(Br)nc34)c2-c2nnn(Cc3ccc(OC)cc3)n2)cc1. The summed E-state index contributed by atoms with van der Waals surface area (Å²) >= 11 is 4.84. The summed E-state index contributed by atoms with van der Waals surface area (Å²) in [5, 5.41) is 24.7. The number of benzene rings is 5. The molecule has 0 bridgehead atoms. The van der Waals surface area contributed by atoms with E-state index in [2.05, 4.69) is 36.7 Å². The number of aromatic nitrogens is 5. The van der Waals surface area contributed by atoms with E-state index < -0.39 is 48.0 Å². The number of ether oxygens (including phenoxy) is 3. The number of rotatable bonds is 17. The molecular formula is C41H38BrN7O9S3. The Labute approximate surface area is 363 Å². The normalized spacial score (nSPS) is 11.8. The second kappa shape index (κ2) is 18.4. The lowest BCUT2D eigenvalue weighted by molar-refractivity contribution is 0.195. The van der Waals surface area contributed by atoms with E-state index in [0.717, 1.165) is 10.3 Å². The van der Waals surface area contributed by atoms with Crippen LogP contribution >= 0.6 is 27.3 Å². The van der Waals surface area contributed by atoms with Gasteiger partial charge in [-0.25, -0.2) is 26.6 Å². The van der Waals surface area contributed by atoms with Crippen molar-refractivity contribution in [3.63, 3.8) is 0 Å². The molecule has 0 spiro atoms. The van der Waals surface area contributed by atoms with Crippen LogP contribution < -0.4 is 19.5 Å². The molecule has 16 nitrogen and oxygen atoms in total. The fourth-order valence-electron chi connectivity index (χ4n) is 6.58. The van der Waals surface area contributed by atoms with E-state index in [1.807, 2.05) is 18.2 Å². The van der Waals surface area contributed by atoms with Gasteiger partial charge < -0.3 is 24.6 Å². The summed E-state index contributed by atoms with van der Waals surface area (Å²) in [6, 6.07) is 29.0. The Hall–Kier alpha value is -5.93. The van der Waals surface area contributed by atoms with Crippen LogP contribution in [-0.4, -0.2) is 91.2 Å². The molecule has 7 rings (SSSR count). The molecule has 7 aromatic rings. The van der Waals surface area contributed by atoms with Crippen molar-refractivity contribution in [1.29, 1.82) is 0 Å². The Bertz CT molecular complexity index is 2860. The van der Waals surface area contributed by atoms with Crippen molar-refractivity contribution >= 4 is 63.4 Å². The summed E-state index contributed by atoms with van der Waals surface area (Å²) in [4.78, 5) is 16.2. The molecule has 2 heterocycles. The summed E-state index contributed by atoms with van der Waals surface area (Å²) in [6.07, 6.45) is -1.44. The maximum absolute atomic E-state index is 15.8. The molecule has 0 radical (unpaired) electrons. The minimum absolute atomic E-state index is 0.128. The molecule has 0 saturated heterocycles. The van der Waals surface area contributed by atoms with Crippen molar-refractivity contribution in [2.75, 3.05) is 33.6 Å². The standard InChI is InChI=1S/C41H38BrN7O9S3/c1-56-29-13-7-26(8-14-29)23-48(24-27-9-15-30(57-2)16-10-27)61(54,55)38-35(60(52,53)22-21-43-41(50)51)20-19-32(33-5-4-6-34-37(33)44-40(42)59-34)36(38)39-45-47-49(46-39)25-28-11-17-31(58-3)18-12-28/h4-20,43H,21-25H2,1-3H3,(H,50,51). The van der Waals surface area contributed by atoms with Crippen molar-refractivity contribution in [2.45, 2.75) is 29.4 Å². The first kappa shape index (κ1) is 43.2. The zero-order valence-electron chi connectivity index (χ0n) is 32.8. The monoisotopic (exact) mass is 947 g/mol. The number of nitrogens with one attached hydrogen (secondary N) is 1. The lowest BCUT2D eigenvalue weighted by Gasteiger charge is -2.26. The number of methoxy groups -OCH3 is 3. The molecule has 0 aliphatic heterocycles. The predicted octanol–water partition coefficient (Wildman–Crippen LogP) is 6.89. The molecule has 0 aliphatic rings. The topological polar surface area (TPSA) is 205 Å². The van der Waals surface area contributed by atoms with Gasteiger partial charge in [-0.3, -0.25) is 0 Å². The Morgan fingerprint density at radius 2 is 1.36 bits per heavy atom. The van der Waals surface area contributed by atoms with Gasteiger partial charge >= 0.3 is 6.09 Å². The lowest BCUT2D eigenvalue weighted by atomic mass is 9.98. The Balaban J connectivity index is 1.50. The van der Waals surface area contributed by atoms with Crippen LogP contribution in [0.4, 0.5) is 4.79 Å². The number of fused-ring (bicyclic) bond motifs is 1. The van der Waals surface area contributed by atoms with E-state index in [0.29, 0.717) is 43.4 Å². The van der Waals surface area contributed by atoms with Gasteiger partial charge in [0.1, 0.15) is 22.1 Å². The minimum atomic E-state index is -4.90. The molecule has 61 heavy (non-hydrogen) atoms. The average molecular weight is 949 g/mol. The molecule has 0 atom stereocenters. The fourth-order valence-corrected chi connectivity index (χ4v) is 11.6. The molecule has 2 aromatic heterocycles. The Morgan fingerprint density at radius 1 is 0.787 bits per heavy atom. The highest BCUT2D eigenvalue weighted by Gasteiger charge is 2.38. The maximum atomic E-state index is 15.8. The summed E-state index contributed by atoms with van der Waals surface area (Å²) in [6.45, 7) is -0.788. The van der Waals surface area contributed by atoms with E-state index in [9.17, 15) is 18.3 Å². The van der Waals surface area contributed by atoms with Gasteiger partial charge in [0.25, 0.3) is 0 Å². The van der Waals surface area contributed by atoms with Crippen molar-refractivity contribution in [3.8, 4) is 39.8 Å². The quantitative estimate of drug-likeness (QED) is 0.0956. The average Bonchev–Trinajstić information content (AvgIpc) is 3.89. The third-order valence-corrected chi connectivity index (χ3v) is 14.8. The number of halogens is 1. The molecule has 0 saturated carbocycles. The van der Waals surface area contributed by atoms with Crippen molar-refractivity contribution in [2.24, 2.45) is 0 Å². The number of thiazole rings is 1. The van der Waals surface area contributed by atoms with Crippen LogP contribution in [-0.2, 0) is 39.5 Å². The number of hydrogen-bond donors (Lipinski definition) is 2. The van der Waals surface area contributed by atoms with E-state index >= 15 is 8.42 Å². The first-order valence-corrected chi connectivity index (χ1v) is 23.1. The van der Waals surface area contributed by atoms with Crippen LogP contribution in [0.1, 0.15) is 16.7 Å². The van der Waals surface area contributed by atoms with Gasteiger partial charge in [-0.15, -0.1) is 21.5 Å². The smallest absolute Gasteiger partial charge is 0.404 e.